The van der Waals surface area contributed by atoms with E-state index in [4.69, 9.17) is 0 Å². The van der Waals surface area contributed by atoms with Gasteiger partial charge in [-0.15, -0.1) is 13.2 Å². The van der Waals surface area contributed by atoms with E-state index in [1.165, 1.54) is 6.07 Å². The van der Waals surface area contributed by atoms with E-state index in [2.05, 4.69) is 31.3 Å². The Hall–Kier alpha value is -1.28. The smallest absolute Gasteiger partial charge is 0.405 e. The molecule has 2 rings (SSSR count). The molecule has 1 unspecified atom stereocenters. The Balaban J connectivity index is 1.90. The molecule has 1 aliphatic rings. The number of carbonyl (C=O) groups is 1. The minimum atomic E-state index is -4.71. The van der Waals surface area contributed by atoms with Gasteiger partial charge in [0.05, 0.1) is 4.47 Å². The molecule has 1 atom stereocenters. The normalized spacial score (nSPS) is 19.2. The van der Waals surface area contributed by atoms with E-state index in [9.17, 15) is 18.0 Å². The van der Waals surface area contributed by atoms with Gasteiger partial charge < -0.3 is 15.4 Å². The third-order valence-electron chi connectivity index (χ3n) is 3.08. The summed E-state index contributed by atoms with van der Waals surface area (Å²) in [5.74, 6) is -0.222. The van der Waals surface area contributed by atoms with Crippen LogP contribution in [0.1, 0.15) is 18.4 Å². The lowest BCUT2D eigenvalue weighted by molar-refractivity contribution is -0.274. The van der Waals surface area contributed by atoms with Crippen molar-refractivity contribution >= 4 is 21.8 Å². The Bertz CT molecular complexity index is 513. The highest BCUT2D eigenvalue weighted by atomic mass is 79.9. The van der Waals surface area contributed by atoms with Crippen LogP contribution in [0.5, 0.6) is 5.75 Å². The Labute approximate surface area is 128 Å². The molecule has 1 aromatic carbocycles. The topological polar surface area (TPSA) is 50.4 Å². The third-order valence-corrected chi connectivity index (χ3v) is 3.70. The van der Waals surface area contributed by atoms with Crippen molar-refractivity contribution in [2.24, 2.45) is 0 Å². The number of amides is 1. The molecule has 2 N–H and O–H groups in total. The van der Waals surface area contributed by atoms with Gasteiger partial charge in [-0.3, -0.25) is 4.79 Å². The zero-order valence-electron chi connectivity index (χ0n) is 11.0. The number of alkyl halides is 3. The fraction of sp³-hybridized carbons (Fsp3) is 0.462. The van der Waals surface area contributed by atoms with Gasteiger partial charge in [0.25, 0.3) is 0 Å². The molecule has 0 spiro atoms. The summed E-state index contributed by atoms with van der Waals surface area (Å²) in [6.45, 7) is 1.07. The molecule has 21 heavy (non-hydrogen) atoms. The average Bonchev–Trinajstić information content (AvgIpc) is 2.40. The zero-order valence-corrected chi connectivity index (χ0v) is 12.6. The van der Waals surface area contributed by atoms with Gasteiger partial charge >= 0.3 is 6.36 Å². The number of ether oxygens (including phenoxy) is 1. The highest BCUT2D eigenvalue weighted by Crippen LogP contribution is 2.31. The van der Waals surface area contributed by atoms with Crippen molar-refractivity contribution in [3.05, 3.63) is 28.2 Å². The number of halogens is 4. The van der Waals surface area contributed by atoms with Gasteiger partial charge in [-0.25, -0.2) is 0 Å². The van der Waals surface area contributed by atoms with Crippen LogP contribution in [0.4, 0.5) is 13.2 Å². The number of hydrogen-bond donors (Lipinski definition) is 2. The average molecular weight is 367 g/mol. The molecular formula is C13H14BrF3N2O2. The van der Waals surface area contributed by atoms with Crippen LogP contribution >= 0.6 is 15.9 Å². The summed E-state index contributed by atoms with van der Waals surface area (Å²) in [6, 6.07) is 4.60. The van der Waals surface area contributed by atoms with Crippen molar-refractivity contribution in [3.8, 4) is 5.75 Å². The molecule has 0 radical (unpaired) electrons. The Morgan fingerprint density at radius 1 is 1.43 bits per heavy atom. The van der Waals surface area contributed by atoms with Crippen LogP contribution in [0.15, 0.2) is 22.7 Å². The van der Waals surface area contributed by atoms with Gasteiger partial charge in [0.15, 0.2) is 0 Å². The molecule has 1 amide bonds. The van der Waals surface area contributed by atoms with E-state index in [-0.39, 0.29) is 22.2 Å². The van der Waals surface area contributed by atoms with E-state index < -0.39 is 6.36 Å². The van der Waals surface area contributed by atoms with Crippen molar-refractivity contribution < 1.29 is 22.7 Å². The van der Waals surface area contributed by atoms with Crippen LogP contribution in [-0.4, -0.2) is 24.9 Å². The van der Waals surface area contributed by atoms with Gasteiger partial charge in [0.1, 0.15) is 5.75 Å². The maximum absolute atomic E-state index is 12.2. The molecule has 1 aromatic rings. The largest absolute Gasteiger partial charge is 0.573 e. The molecule has 1 saturated heterocycles. The number of nitrogens with one attached hydrogen (secondary N) is 2. The minimum Gasteiger partial charge on any atom is -0.405 e. The number of benzene rings is 1. The fourth-order valence-electron chi connectivity index (χ4n) is 2.03. The number of hydrogen-bond acceptors (Lipinski definition) is 3. The molecule has 0 bridgehead atoms. The lowest BCUT2D eigenvalue weighted by atomic mass is 10.1. The second-order valence-corrected chi connectivity index (χ2v) is 5.59. The Morgan fingerprint density at radius 3 is 2.76 bits per heavy atom. The lowest BCUT2D eigenvalue weighted by Crippen LogP contribution is -2.45. The maximum Gasteiger partial charge on any atom is 0.573 e. The van der Waals surface area contributed by atoms with E-state index in [1.54, 1.807) is 12.1 Å². The quantitative estimate of drug-likeness (QED) is 0.861. The molecule has 1 fully saturated rings. The molecule has 1 heterocycles. The third kappa shape index (κ3) is 5.20. The van der Waals surface area contributed by atoms with E-state index >= 15 is 0 Å². The number of carbonyl (C=O) groups excluding carboxylic acids is 1. The first kappa shape index (κ1) is 16.1. The minimum absolute atomic E-state index is 0.0458. The predicted octanol–water partition coefficient (Wildman–Crippen LogP) is 2.72. The molecule has 0 aliphatic carbocycles. The van der Waals surface area contributed by atoms with Gasteiger partial charge in [0.2, 0.25) is 5.91 Å². The summed E-state index contributed by atoms with van der Waals surface area (Å²) in [6.07, 6.45) is -3.47. The summed E-state index contributed by atoms with van der Waals surface area (Å²) in [5.41, 5.74) is 0.827. The van der Waals surface area contributed by atoms with Crippen molar-refractivity contribution in [3.63, 3.8) is 0 Å². The molecule has 1 aliphatic heterocycles. The monoisotopic (exact) mass is 366 g/mol. The second kappa shape index (κ2) is 6.65. The van der Waals surface area contributed by atoms with Crippen molar-refractivity contribution in [1.82, 2.24) is 10.6 Å². The van der Waals surface area contributed by atoms with Crippen molar-refractivity contribution in [1.29, 1.82) is 0 Å². The molecule has 4 nitrogen and oxygen atoms in total. The summed E-state index contributed by atoms with van der Waals surface area (Å²) < 4.78 is 40.6. The van der Waals surface area contributed by atoms with Gasteiger partial charge in [0, 0.05) is 25.6 Å². The summed E-state index contributed by atoms with van der Waals surface area (Å²) in [5, 5.41) is 6.01. The van der Waals surface area contributed by atoms with E-state index in [0.29, 0.717) is 19.5 Å². The van der Waals surface area contributed by atoms with E-state index in [1.807, 2.05) is 0 Å². The summed E-state index contributed by atoms with van der Waals surface area (Å²) in [4.78, 5) is 11.0. The second-order valence-electron chi connectivity index (χ2n) is 4.73. The summed E-state index contributed by atoms with van der Waals surface area (Å²) >= 11 is 3.06. The molecule has 0 saturated carbocycles. The predicted molar refractivity (Wildman–Crippen MR) is 73.7 cm³/mol. The molecule has 116 valence electrons. The summed E-state index contributed by atoms with van der Waals surface area (Å²) in [7, 11) is 0. The molecular weight excluding hydrogens is 353 g/mol. The lowest BCUT2D eigenvalue weighted by Gasteiger charge is -2.23. The van der Waals surface area contributed by atoms with Crippen molar-refractivity contribution in [2.75, 3.05) is 6.54 Å². The Morgan fingerprint density at radius 2 is 2.19 bits per heavy atom. The first-order valence-electron chi connectivity index (χ1n) is 6.38. The molecule has 8 heteroatoms. The maximum atomic E-state index is 12.2. The van der Waals surface area contributed by atoms with Crippen LogP contribution in [0.25, 0.3) is 0 Å². The highest BCUT2D eigenvalue weighted by molar-refractivity contribution is 9.10. The first-order chi connectivity index (χ1) is 9.83. The molecule has 0 aromatic heterocycles. The first-order valence-corrected chi connectivity index (χ1v) is 7.17. The number of piperidine rings is 1. The highest BCUT2D eigenvalue weighted by Gasteiger charge is 2.31. The zero-order chi connectivity index (χ0) is 15.5. The fourth-order valence-corrected chi connectivity index (χ4v) is 2.54. The van der Waals surface area contributed by atoms with Gasteiger partial charge in [-0.1, -0.05) is 6.07 Å². The van der Waals surface area contributed by atoms with Crippen LogP contribution < -0.4 is 15.4 Å². The Kier molecular flexibility index (Phi) is 5.10. The standard InChI is InChI=1S/C13H14BrF3N2O2/c14-10-5-8(1-3-11(10)21-13(15,16)17)6-18-9-2-4-12(20)19-7-9/h1,3,5,9,18H,2,4,6-7H2,(H,19,20). The van der Waals surface area contributed by atoms with Crippen molar-refractivity contribution in [2.45, 2.75) is 31.8 Å². The van der Waals surface area contributed by atoms with Crippen LogP contribution in [0.3, 0.4) is 0 Å². The van der Waals surface area contributed by atoms with Crippen LogP contribution in [0.2, 0.25) is 0 Å². The van der Waals surface area contributed by atoms with Crippen LogP contribution in [0, 0.1) is 0 Å². The SMILES string of the molecule is O=C1CCC(NCc2ccc(OC(F)(F)F)c(Br)c2)CN1. The van der Waals surface area contributed by atoms with Crippen LogP contribution in [-0.2, 0) is 11.3 Å². The van der Waals surface area contributed by atoms with Gasteiger partial charge in [-0.05, 0) is 40.0 Å². The van der Waals surface area contributed by atoms with Gasteiger partial charge in [-0.2, -0.15) is 0 Å². The van der Waals surface area contributed by atoms with E-state index in [0.717, 1.165) is 12.0 Å². The number of rotatable bonds is 4.